The summed E-state index contributed by atoms with van der Waals surface area (Å²) in [5.41, 5.74) is 4.03. The second kappa shape index (κ2) is 5.45. The Hall–Kier alpha value is -1.80. The van der Waals surface area contributed by atoms with Gasteiger partial charge in [0.15, 0.2) is 0 Å². The lowest BCUT2D eigenvalue weighted by atomic mass is 9.91. The lowest BCUT2D eigenvalue weighted by Crippen LogP contribution is -2.06. The molecule has 0 aliphatic heterocycles. The summed E-state index contributed by atoms with van der Waals surface area (Å²) in [5, 5.41) is 10.0. The van der Waals surface area contributed by atoms with Crippen LogP contribution >= 0.6 is 11.6 Å². The highest BCUT2D eigenvalue weighted by molar-refractivity contribution is 6.30. The predicted octanol–water partition coefficient (Wildman–Crippen LogP) is 4.58. The van der Waals surface area contributed by atoms with Crippen LogP contribution in [-0.2, 0) is 6.42 Å². The predicted molar refractivity (Wildman–Crippen MR) is 78.0 cm³/mol. The van der Waals surface area contributed by atoms with Gasteiger partial charge in [-0.15, -0.1) is 0 Å². The first kappa shape index (κ1) is 13.6. The molecule has 0 saturated carbocycles. The quantitative estimate of drug-likeness (QED) is 0.890. The third kappa shape index (κ3) is 2.64. The Morgan fingerprint density at radius 2 is 1.79 bits per heavy atom. The van der Waals surface area contributed by atoms with E-state index in [2.05, 4.69) is 0 Å². The Labute approximate surface area is 117 Å². The number of carboxylic acid groups (broad SMARTS) is 1. The van der Waals surface area contributed by atoms with Gasteiger partial charge in [-0.2, -0.15) is 0 Å². The second-order valence-corrected chi connectivity index (χ2v) is 4.89. The maximum Gasteiger partial charge on any atom is 0.336 e. The van der Waals surface area contributed by atoms with Gasteiger partial charge in [-0.05, 0) is 47.7 Å². The molecule has 0 heterocycles. The monoisotopic (exact) mass is 274 g/mol. The molecule has 0 saturated heterocycles. The third-order valence-electron chi connectivity index (χ3n) is 3.24. The fraction of sp³-hybridized carbons (Fsp3) is 0.188. The second-order valence-electron chi connectivity index (χ2n) is 4.45. The van der Waals surface area contributed by atoms with Crippen molar-refractivity contribution in [3.8, 4) is 11.1 Å². The first-order valence-electron chi connectivity index (χ1n) is 6.16. The van der Waals surface area contributed by atoms with Crippen molar-refractivity contribution in [3.63, 3.8) is 0 Å². The van der Waals surface area contributed by atoms with Gasteiger partial charge in [0.25, 0.3) is 0 Å². The van der Waals surface area contributed by atoms with Gasteiger partial charge >= 0.3 is 5.97 Å². The van der Waals surface area contributed by atoms with Crippen LogP contribution in [0.1, 0.15) is 28.4 Å². The van der Waals surface area contributed by atoms with Crippen molar-refractivity contribution in [2.24, 2.45) is 0 Å². The summed E-state index contributed by atoms with van der Waals surface area (Å²) >= 11 is 5.89. The molecule has 0 atom stereocenters. The summed E-state index contributed by atoms with van der Waals surface area (Å²) in [7, 11) is 0. The Morgan fingerprint density at radius 3 is 2.32 bits per heavy atom. The van der Waals surface area contributed by atoms with Crippen molar-refractivity contribution < 1.29 is 9.90 Å². The number of hydrogen-bond acceptors (Lipinski definition) is 1. The highest BCUT2D eigenvalue weighted by Gasteiger charge is 2.16. The largest absolute Gasteiger partial charge is 0.478 e. The normalized spacial score (nSPS) is 10.5. The van der Waals surface area contributed by atoms with Crippen molar-refractivity contribution >= 4 is 17.6 Å². The molecule has 0 amide bonds. The van der Waals surface area contributed by atoms with E-state index in [-0.39, 0.29) is 0 Å². The number of aryl methyl sites for hydroxylation is 1. The Bertz CT molecular complexity index is 615. The lowest BCUT2D eigenvalue weighted by Gasteiger charge is -2.14. The van der Waals surface area contributed by atoms with Gasteiger partial charge in [0, 0.05) is 5.02 Å². The van der Waals surface area contributed by atoms with E-state index in [4.69, 9.17) is 11.6 Å². The Kier molecular flexibility index (Phi) is 3.91. The zero-order valence-corrected chi connectivity index (χ0v) is 11.7. The smallest absolute Gasteiger partial charge is 0.336 e. The fourth-order valence-corrected chi connectivity index (χ4v) is 2.46. The molecule has 0 aromatic heterocycles. The molecule has 3 heteroatoms. The fourth-order valence-electron chi connectivity index (χ4n) is 2.33. The molecule has 1 N–H and O–H groups in total. The number of benzene rings is 2. The van der Waals surface area contributed by atoms with Crippen molar-refractivity contribution in [3.05, 3.63) is 58.1 Å². The van der Waals surface area contributed by atoms with Crippen LogP contribution in [0, 0.1) is 6.92 Å². The van der Waals surface area contributed by atoms with Crippen molar-refractivity contribution in [2.45, 2.75) is 20.3 Å². The molecule has 0 fully saturated rings. The van der Waals surface area contributed by atoms with E-state index in [1.807, 2.05) is 50.2 Å². The average molecular weight is 275 g/mol. The van der Waals surface area contributed by atoms with Crippen LogP contribution in [0.15, 0.2) is 36.4 Å². The average Bonchev–Trinajstić information content (AvgIpc) is 2.39. The van der Waals surface area contributed by atoms with E-state index in [0.717, 1.165) is 22.3 Å². The first-order chi connectivity index (χ1) is 9.04. The van der Waals surface area contributed by atoms with Gasteiger partial charge in [0.05, 0.1) is 5.56 Å². The summed E-state index contributed by atoms with van der Waals surface area (Å²) < 4.78 is 0. The highest BCUT2D eigenvalue weighted by Crippen LogP contribution is 2.29. The zero-order chi connectivity index (χ0) is 14.0. The van der Waals surface area contributed by atoms with E-state index >= 15 is 0 Å². The van der Waals surface area contributed by atoms with Gasteiger partial charge in [-0.1, -0.05) is 42.8 Å². The molecule has 0 unspecified atom stereocenters. The molecule has 2 nitrogen and oxygen atoms in total. The van der Waals surface area contributed by atoms with Gasteiger partial charge in [0.1, 0.15) is 0 Å². The van der Waals surface area contributed by atoms with E-state index in [0.29, 0.717) is 17.0 Å². The molecular formula is C16H15ClO2. The van der Waals surface area contributed by atoms with Crippen LogP contribution in [-0.4, -0.2) is 11.1 Å². The van der Waals surface area contributed by atoms with Gasteiger partial charge in [-0.3, -0.25) is 0 Å². The van der Waals surface area contributed by atoms with Gasteiger partial charge in [0.2, 0.25) is 0 Å². The minimum atomic E-state index is -0.870. The number of aromatic carboxylic acids is 1. The van der Waals surface area contributed by atoms with Gasteiger partial charge in [-0.25, -0.2) is 4.79 Å². The number of rotatable bonds is 3. The highest BCUT2D eigenvalue weighted by atomic mass is 35.5. The van der Waals surface area contributed by atoms with E-state index in [9.17, 15) is 9.90 Å². The minimum Gasteiger partial charge on any atom is -0.478 e. The van der Waals surface area contributed by atoms with Crippen LogP contribution < -0.4 is 0 Å². The van der Waals surface area contributed by atoms with Crippen LogP contribution in [0.2, 0.25) is 5.02 Å². The Balaban J connectivity index is 2.67. The number of carbonyl (C=O) groups is 1. The molecule has 0 aliphatic rings. The number of hydrogen-bond donors (Lipinski definition) is 1. The van der Waals surface area contributed by atoms with Crippen molar-refractivity contribution in [2.75, 3.05) is 0 Å². The summed E-state index contributed by atoms with van der Waals surface area (Å²) in [6.07, 6.45) is 0.682. The molecule has 0 spiro atoms. The Morgan fingerprint density at radius 1 is 1.16 bits per heavy atom. The summed E-state index contributed by atoms with van der Waals surface area (Å²) in [6, 6.07) is 11.3. The molecule has 98 valence electrons. The van der Waals surface area contributed by atoms with Crippen LogP contribution in [0.4, 0.5) is 0 Å². The molecule has 0 bridgehead atoms. The molecule has 2 aromatic carbocycles. The molecule has 0 aliphatic carbocycles. The maximum absolute atomic E-state index is 11.4. The van der Waals surface area contributed by atoms with E-state index in [1.165, 1.54) is 0 Å². The lowest BCUT2D eigenvalue weighted by molar-refractivity contribution is 0.0695. The van der Waals surface area contributed by atoms with Crippen molar-refractivity contribution in [1.29, 1.82) is 0 Å². The SMILES string of the molecule is CCc1c(-c2ccc(Cl)cc2)ccc(C)c1C(=O)O. The van der Waals surface area contributed by atoms with E-state index < -0.39 is 5.97 Å². The molecule has 19 heavy (non-hydrogen) atoms. The number of carboxylic acids is 1. The summed E-state index contributed by atoms with van der Waals surface area (Å²) in [5.74, 6) is -0.870. The standard InChI is InChI=1S/C16H15ClO2/c1-3-13-14(11-5-7-12(17)8-6-11)9-4-10(2)15(13)16(18)19/h4-9H,3H2,1-2H3,(H,18,19). The summed E-state index contributed by atoms with van der Waals surface area (Å²) in [6.45, 7) is 3.80. The maximum atomic E-state index is 11.4. The summed E-state index contributed by atoms with van der Waals surface area (Å²) in [4.78, 5) is 11.4. The van der Waals surface area contributed by atoms with Crippen LogP contribution in [0.25, 0.3) is 11.1 Å². The van der Waals surface area contributed by atoms with Crippen LogP contribution in [0.3, 0.4) is 0 Å². The molecule has 0 radical (unpaired) electrons. The zero-order valence-electron chi connectivity index (χ0n) is 10.9. The van der Waals surface area contributed by atoms with Crippen molar-refractivity contribution in [1.82, 2.24) is 0 Å². The van der Waals surface area contributed by atoms with Crippen LogP contribution in [0.5, 0.6) is 0 Å². The topological polar surface area (TPSA) is 37.3 Å². The molecule has 2 aromatic rings. The molecule has 2 rings (SSSR count). The number of halogens is 1. The van der Waals surface area contributed by atoms with E-state index in [1.54, 1.807) is 0 Å². The first-order valence-corrected chi connectivity index (χ1v) is 6.54. The minimum absolute atomic E-state index is 0.412. The van der Waals surface area contributed by atoms with Gasteiger partial charge < -0.3 is 5.11 Å². The molecular weight excluding hydrogens is 260 g/mol. The third-order valence-corrected chi connectivity index (χ3v) is 3.50.